The highest BCUT2D eigenvalue weighted by atomic mass is 16.2. The van der Waals surface area contributed by atoms with Crippen molar-refractivity contribution in [3.05, 3.63) is 59.8 Å². The summed E-state index contributed by atoms with van der Waals surface area (Å²) in [7, 11) is 0. The van der Waals surface area contributed by atoms with Crippen LogP contribution in [-0.2, 0) is 0 Å². The van der Waals surface area contributed by atoms with Gasteiger partial charge in [-0.3, -0.25) is 15.2 Å². The van der Waals surface area contributed by atoms with Crippen molar-refractivity contribution >= 4 is 11.7 Å². The lowest BCUT2D eigenvalue weighted by Crippen LogP contribution is -2.53. The lowest BCUT2D eigenvalue weighted by atomic mass is 10.1. The maximum Gasteiger partial charge on any atom is 0.269 e. The number of aryl methyl sites for hydroxylation is 1. The quantitative estimate of drug-likeness (QED) is 0.879. The monoisotopic (exact) mass is 283 g/mol. The van der Waals surface area contributed by atoms with E-state index in [2.05, 4.69) is 10.4 Å². The molecule has 0 radical (unpaired) electrons. The normalized spacial score (nSPS) is 11.0. The average Bonchev–Trinajstić information content (AvgIpc) is 2.45. The van der Waals surface area contributed by atoms with Gasteiger partial charge in [-0.15, -0.1) is 0 Å². The molecule has 1 aromatic heterocycles. The number of nitrogens with one attached hydrogen (secondary N) is 1. The summed E-state index contributed by atoms with van der Waals surface area (Å²) in [6, 6.07) is 13.0. The molecule has 2 aromatic rings. The van der Waals surface area contributed by atoms with Crippen molar-refractivity contribution < 1.29 is 4.79 Å². The first-order valence-electron chi connectivity index (χ1n) is 6.97. The lowest BCUT2D eigenvalue weighted by Gasteiger charge is -2.37. The third kappa shape index (κ3) is 3.60. The molecule has 4 heteroatoms. The molecule has 0 aliphatic rings. The molecule has 0 atom stereocenters. The first-order chi connectivity index (χ1) is 9.89. The number of carbonyl (C=O) groups excluding carboxylic acids is 1. The summed E-state index contributed by atoms with van der Waals surface area (Å²) in [5.41, 5.74) is 4.31. The molecule has 110 valence electrons. The highest BCUT2D eigenvalue weighted by Gasteiger charge is 2.26. The van der Waals surface area contributed by atoms with Gasteiger partial charge < -0.3 is 0 Å². The Morgan fingerprint density at radius 3 is 2.33 bits per heavy atom. The summed E-state index contributed by atoms with van der Waals surface area (Å²) in [4.78, 5) is 16.8. The molecule has 0 saturated carbocycles. The summed E-state index contributed by atoms with van der Waals surface area (Å²) < 4.78 is 0. The molecule has 0 aliphatic heterocycles. The van der Waals surface area contributed by atoms with Crippen LogP contribution in [-0.4, -0.2) is 16.4 Å². The highest BCUT2D eigenvalue weighted by molar-refractivity contribution is 5.95. The maximum atomic E-state index is 12.4. The molecule has 1 N–H and O–H groups in total. The second-order valence-electron chi connectivity index (χ2n) is 5.96. The van der Waals surface area contributed by atoms with E-state index >= 15 is 0 Å². The summed E-state index contributed by atoms with van der Waals surface area (Å²) in [5.74, 6) is 0.616. The predicted molar refractivity (Wildman–Crippen MR) is 85.1 cm³/mol. The van der Waals surface area contributed by atoms with E-state index in [9.17, 15) is 4.79 Å². The van der Waals surface area contributed by atoms with Crippen molar-refractivity contribution in [3.8, 4) is 0 Å². The van der Waals surface area contributed by atoms with Crippen molar-refractivity contribution in [3.63, 3.8) is 0 Å². The largest absolute Gasteiger partial charge is 0.269 e. The predicted octanol–water partition coefficient (Wildman–Crippen LogP) is 3.34. The fourth-order valence-electron chi connectivity index (χ4n) is 2.01. The van der Waals surface area contributed by atoms with Crippen LogP contribution in [0.4, 0.5) is 5.82 Å². The van der Waals surface area contributed by atoms with Crippen molar-refractivity contribution in [2.24, 2.45) is 0 Å². The Balaban J connectivity index is 2.31. The van der Waals surface area contributed by atoms with Gasteiger partial charge in [-0.1, -0.05) is 24.3 Å². The van der Waals surface area contributed by atoms with Gasteiger partial charge in [-0.05, 0) is 51.5 Å². The number of amides is 1. The minimum Gasteiger partial charge on any atom is -0.267 e. The number of benzene rings is 1. The van der Waals surface area contributed by atoms with Gasteiger partial charge in [0.1, 0.15) is 5.82 Å². The fourth-order valence-corrected chi connectivity index (χ4v) is 2.01. The van der Waals surface area contributed by atoms with E-state index in [-0.39, 0.29) is 11.4 Å². The number of pyridine rings is 1. The van der Waals surface area contributed by atoms with E-state index in [0.717, 1.165) is 11.4 Å². The van der Waals surface area contributed by atoms with Crippen LogP contribution in [0.15, 0.2) is 48.7 Å². The van der Waals surface area contributed by atoms with Crippen molar-refractivity contribution in [2.45, 2.75) is 33.2 Å². The Labute approximate surface area is 125 Å². The molecule has 0 aliphatic carbocycles. The molecule has 21 heavy (non-hydrogen) atoms. The number of rotatable bonds is 3. The Morgan fingerprint density at radius 2 is 1.76 bits per heavy atom. The van der Waals surface area contributed by atoms with Crippen LogP contribution in [0.25, 0.3) is 0 Å². The van der Waals surface area contributed by atoms with Gasteiger partial charge in [0.05, 0.1) is 5.54 Å². The molecule has 0 unspecified atom stereocenters. The number of hydrazine groups is 1. The van der Waals surface area contributed by atoms with E-state index in [4.69, 9.17) is 0 Å². The summed E-state index contributed by atoms with van der Waals surface area (Å²) >= 11 is 0. The number of nitrogens with zero attached hydrogens (tertiary/aromatic N) is 2. The van der Waals surface area contributed by atoms with E-state index in [1.807, 2.05) is 63.0 Å². The van der Waals surface area contributed by atoms with Crippen LogP contribution in [0.1, 0.15) is 36.7 Å². The Kier molecular flexibility index (Phi) is 4.26. The summed E-state index contributed by atoms with van der Waals surface area (Å²) in [6.07, 6.45) is 1.73. The number of hydrogen-bond donors (Lipinski definition) is 1. The molecule has 0 saturated heterocycles. The number of carbonyl (C=O) groups is 1. The molecular weight excluding hydrogens is 262 g/mol. The van der Waals surface area contributed by atoms with Crippen LogP contribution < -0.4 is 10.4 Å². The minimum atomic E-state index is -0.288. The molecule has 2 rings (SSSR count). The van der Waals surface area contributed by atoms with E-state index in [1.165, 1.54) is 0 Å². The van der Waals surface area contributed by atoms with Crippen molar-refractivity contribution in [1.82, 2.24) is 10.4 Å². The van der Waals surface area contributed by atoms with Crippen LogP contribution in [0.5, 0.6) is 0 Å². The Morgan fingerprint density at radius 1 is 1.10 bits per heavy atom. The van der Waals surface area contributed by atoms with Gasteiger partial charge >= 0.3 is 0 Å². The molecule has 1 heterocycles. The smallest absolute Gasteiger partial charge is 0.267 e. The standard InChI is InChI=1S/C17H21N3O/c1-13-9-8-12-18-15(13)20(17(2,3)4)19-16(21)14-10-6-5-7-11-14/h5-12H,1-4H3,(H,19,21). The Hall–Kier alpha value is -2.36. The molecule has 0 fully saturated rings. The second-order valence-corrected chi connectivity index (χ2v) is 5.96. The van der Waals surface area contributed by atoms with Gasteiger partial charge in [0.2, 0.25) is 0 Å². The molecule has 1 amide bonds. The Bertz CT molecular complexity index is 617. The average molecular weight is 283 g/mol. The third-order valence-electron chi connectivity index (χ3n) is 3.11. The van der Waals surface area contributed by atoms with Crippen LogP contribution in [0.2, 0.25) is 0 Å². The third-order valence-corrected chi connectivity index (χ3v) is 3.11. The van der Waals surface area contributed by atoms with Crippen LogP contribution >= 0.6 is 0 Å². The second kappa shape index (κ2) is 5.95. The molecular formula is C17H21N3O. The van der Waals surface area contributed by atoms with Gasteiger partial charge in [0.15, 0.2) is 0 Å². The van der Waals surface area contributed by atoms with Crippen LogP contribution in [0, 0.1) is 6.92 Å². The zero-order chi connectivity index (χ0) is 15.5. The summed E-state index contributed by atoms with van der Waals surface area (Å²) in [5, 5.41) is 1.82. The first kappa shape index (κ1) is 15.0. The molecule has 0 spiro atoms. The maximum absolute atomic E-state index is 12.4. The van der Waals surface area contributed by atoms with Gasteiger partial charge in [0, 0.05) is 11.8 Å². The number of anilines is 1. The summed E-state index contributed by atoms with van der Waals surface area (Å²) in [6.45, 7) is 8.08. The number of hydrogen-bond acceptors (Lipinski definition) is 3. The zero-order valence-electron chi connectivity index (χ0n) is 12.9. The zero-order valence-corrected chi connectivity index (χ0v) is 12.9. The van der Waals surface area contributed by atoms with Crippen LogP contribution in [0.3, 0.4) is 0 Å². The SMILES string of the molecule is Cc1cccnc1N(NC(=O)c1ccccc1)C(C)(C)C. The van der Waals surface area contributed by atoms with Gasteiger partial charge in [-0.2, -0.15) is 0 Å². The molecule has 4 nitrogen and oxygen atoms in total. The highest BCUT2D eigenvalue weighted by Crippen LogP contribution is 2.22. The molecule has 0 bridgehead atoms. The van der Waals surface area contributed by atoms with Gasteiger partial charge in [-0.25, -0.2) is 4.98 Å². The van der Waals surface area contributed by atoms with Crippen molar-refractivity contribution in [1.29, 1.82) is 0 Å². The van der Waals surface area contributed by atoms with Gasteiger partial charge in [0.25, 0.3) is 5.91 Å². The number of aromatic nitrogens is 1. The van der Waals surface area contributed by atoms with E-state index in [0.29, 0.717) is 5.56 Å². The minimum absolute atomic E-state index is 0.143. The van der Waals surface area contributed by atoms with E-state index in [1.54, 1.807) is 18.3 Å². The lowest BCUT2D eigenvalue weighted by molar-refractivity contribution is 0.0938. The fraction of sp³-hybridized carbons (Fsp3) is 0.294. The topological polar surface area (TPSA) is 45.2 Å². The first-order valence-corrected chi connectivity index (χ1v) is 6.97. The molecule has 1 aromatic carbocycles. The van der Waals surface area contributed by atoms with Crippen molar-refractivity contribution in [2.75, 3.05) is 5.01 Å². The van der Waals surface area contributed by atoms with E-state index < -0.39 is 0 Å².